The standard InChI is InChI=1S/C26H46O4Si2/c1-8-9-12-15-23(29-31(2,3)4)20-18-22-19-21-25(27)24(22)16-13-10-11-14-17-26(28)30-32(5,6)7/h10,13,18,20,23H,8-9,11-12,14-17,19,21H2,1-7H3/b13-10-,20-18+/t23-/m0/s1. The molecule has 0 aromatic carbocycles. The number of hydrogen-bond acceptors (Lipinski definition) is 4. The maximum Gasteiger partial charge on any atom is 0.292 e. The second-order valence-electron chi connectivity index (χ2n) is 10.7. The van der Waals surface area contributed by atoms with Crippen LogP contribution in [0.1, 0.15) is 71.1 Å². The van der Waals surface area contributed by atoms with E-state index in [0.29, 0.717) is 19.3 Å². The maximum absolute atomic E-state index is 12.4. The number of ketones is 1. The summed E-state index contributed by atoms with van der Waals surface area (Å²) in [6, 6.07) is 0. The Kier molecular flexibility index (Phi) is 12.7. The van der Waals surface area contributed by atoms with Crippen LogP contribution < -0.4 is 0 Å². The average molecular weight is 479 g/mol. The predicted molar refractivity (Wildman–Crippen MR) is 140 cm³/mol. The fourth-order valence-corrected chi connectivity index (χ4v) is 5.59. The average Bonchev–Trinajstić information content (AvgIpc) is 3.00. The van der Waals surface area contributed by atoms with Gasteiger partial charge in [0.2, 0.25) is 8.32 Å². The van der Waals surface area contributed by atoms with Crippen LogP contribution in [0.3, 0.4) is 0 Å². The van der Waals surface area contributed by atoms with E-state index < -0.39 is 16.6 Å². The first-order chi connectivity index (χ1) is 14.9. The summed E-state index contributed by atoms with van der Waals surface area (Å²) < 4.78 is 11.8. The van der Waals surface area contributed by atoms with E-state index in [1.807, 2.05) is 19.6 Å². The van der Waals surface area contributed by atoms with Gasteiger partial charge in [0.25, 0.3) is 5.97 Å². The van der Waals surface area contributed by atoms with Crippen molar-refractivity contribution in [1.29, 1.82) is 0 Å². The highest BCUT2D eigenvalue weighted by Crippen LogP contribution is 2.28. The quantitative estimate of drug-likeness (QED) is 0.139. The Labute approximate surface area is 198 Å². The minimum Gasteiger partial charge on any atom is -0.520 e. The molecule has 0 amide bonds. The molecule has 0 radical (unpaired) electrons. The number of Topliss-reactive ketones (excluding diaryl/α,β-unsaturated/α-hetero) is 1. The van der Waals surface area contributed by atoms with E-state index in [-0.39, 0.29) is 17.9 Å². The van der Waals surface area contributed by atoms with Crippen LogP contribution in [-0.4, -0.2) is 34.5 Å². The number of carbonyl (C=O) groups excluding carboxylic acids is 2. The van der Waals surface area contributed by atoms with Crippen LogP contribution in [0.15, 0.2) is 35.5 Å². The molecule has 32 heavy (non-hydrogen) atoms. The van der Waals surface area contributed by atoms with Gasteiger partial charge < -0.3 is 8.85 Å². The second kappa shape index (κ2) is 14.1. The summed E-state index contributed by atoms with van der Waals surface area (Å²) in [5, 5.41) is 0. The van der Waals surface area contributed by atoms with E-state index in [1.165, 1.54) is 19.3 Å². The van der Waals surface area contributed by atoms with Crippen LogP contribution in [0.4, 0.5) is 0 Å². The Balaban J connectivity index is 2.63. The summed E-state index contributed by atoms with van der Waals surface area (Å²) >= 11 is 0. The molecule has 0 aromatic rings. The Hall–Kier alpha value is -1.25. The van der Waals surface area contributed by atoms with E-state index in [9.17, 15) is 9.59 Å². The summed E-state index contributed by atoms with van der Waals surface area (Å²) in [7, 11) is -3.41. The molecule has 6 heteroatoms. The zero-order chi connectivity index (χ0) is 24.2. The summed E-state index contributed by atoms with van der Waals surface area (Å²) in [4.78, 5) is 24.2. The minimum atomic E-state index is -1.79. The Morgan fingerprint density at radius 3 is 2.34 bits per heavy atom. The van der Waals surface area contributed by atoms with Gasteiger partial charge >= 0.3 is 0 Å². The SMILES string of the molecule is CCCCC[C@@H](/C=C/C1=C(C/C=C\CCCC(=O)O[Si](C)(C)C)C(=O)CC1)O[Si](C)(C)C. The van der Waals surface area contributed by atoms with Crippen molar-refractivity contribution in [3.63, 3.8) is 0 Å². The van der Waals surface area contributed by atoms with Crippen LogP contribution in [0.25, 0.3) is 0 Å². The fraction of sp³-hybridized carbons (Fsp3) is 0.692. The third-order valence-corrected chi connectivity index (χ3v) is 6.97. The van der Waals surface area contributed by atoms with Crippen LogP contribution in [0, 0.1) is 0 Å². The van der Waals surface area contributed by atoms with Gasteiger partial charge in [-0.25, -0.2) is 0 Å². The van der Waals surface area contributed by atoms with Crippen LogP contribution in [0.5, 0.6) is 0 Å². The van der Waals surface area contributed by atoms with E-state index in [4.69, 9.17) is 8.85 Å². The summed E-state index contributed by atoms with van der Waals surface area (Å²) in [5.41, 5.74) is 2.11. The lowest BCUT2D eigenvalue weighted by Gasteiger charge is -2.24. The lowest BCUT2D eigenvalue weighted by atomic mass is 10.0. The van der Waals surface area contributed by atoms with Crippen molar-refractivity contribution in [2.45, 2.75) is 117 Å². The predicted octanol–water partition coefficient (Wildman–Crippen LogP) is 7.50. The number of rotatable bonds is 15. The first-order valence-corrected chi connectivity index (χ1v) is 19.2. The summed E-state index contributed by atoms with van der Waals surface area (Å²) in [5.74, 6) is 0.175. The zero-order valence-electron chi connectivity index (χ0n) is 21.6. The van der Waals surface area contributed by atoms with Crippen molar-refractivity contribution >= 4 is 28.4 Å². The van der Waals surface area contributed by atoms with Gasteiger partial charge in [0.05, 0.1) is 6.10 Å². The molecule has 0 N–H and O–H groups in total. The Bertz CT molecular complexity index is 694. The maximum atomic E-state index is 12.4. The number of unbranched alkanes of at least 4 members (excludes halogenated alkanes) is 3. The van der Waals surface area contributed by atoms with Crippen molar-refractivity contribution in [1.82, 2.24) is 0 Å². The minimum absolute atomic E-state index is 0.0901. The van der Waals surface area contributed by atoms with Gasteiger partial charge in [-0.2, -0.15) is 0 Å². The van der Waals surface area contributed by atoms with Crippen molar-refractivity contribution in [3.05, 3.63) is 35.5 Å². The molecule has 0 saturated carbocycles. The molecule has 182 valence electrons. The van der Waals surface area contributed by atoms with Crippen molar-refractivity contribution < 1.29 is 18.4 Å². The number of allylic oxidation sites excluding steroid dienone is 5. The molecule has 1 aliphatic carbocycles. The normalized spacial score (nSPS) is 16.5. The third-order valence-electron chi connectivity index (χ3n) is 5.12. The summed E-state index contributed by atoms with van der Waals surface area (Å²) in [6.45, 7) is 15.0. The molecule has 0 bridgehead atoms. The molecule has 0 unspecified atom stereocenters. The molecule has 0 spiro atoms. The Morgan fingerprint density at radius 2 is 1.72 bits per heavy atom. The van der Waals surface area contributed by atoms with Gasteiger partial charge in [0.1, 0.15) is 0 Å². The van der Waals surface area contributed by atoms with Gasteiger partial charge in [-0.1, -0.05) is 50.5 Å². The monoisotopic (exact) mass is 478 g/mol. The molecule has 0 heterocycles. The highest BCUT2D eigenvalue weighted by Gasteiger charge is 2.22. The molecule has 0 fully saturated rings. The van der Waals surface area contributed by atoms with Gasteiger partial charge in [0, 0.05) is 18.4 Å². The fourth-order valence-electron chi connectivity index (χ4n) is 3.70. The van der Waals surface area contributed by atoms with Crippen LogP contribution >= 0.6 is 0 Å². The molecular weight excluding hydrogens is 432 g/mol. The molecule has 1 rings (SSSR count). The van der Waals surface area contributed by atoms with Gasteiger partial charge in [0.15, 0.2) is 14.1 Å². The zero-order valence-corrected chi connectivity index (χ0v) is 23.6. The molecule has 4 nitrogen and oxygen atoms in total. The molecular formula is C26H46O4Si2. The third kappa shape index (κ3) is 13.3. The molecule has 1 aliphatic rings. The van der Waals surface area contributed by atoms with Gasteiger partial charge in [-0.05, 0) is 77.0 Å². The smallest absolute Gasteiger partial charge is 0.292 e. The topological polar surface area (TPSA) is 52.6 Å². The molecule has 1 atom stereocenters. The van der Waals surface area contributed by atoms with E-state index in [0.717, 1.165) is 36.8 Å². The first-order valence-electron chi connectivity index (χ1n) is 12.4. The number of hydrogen-bond donors (Lipinski definition) is 0. The van der Waals surface area contributed by atoms with Crippen molar-refractivity contribution in [2.75, 3.05) is 0 Å². The van der Waals surface area contributed by atoms with Gasteiger partial charge in [-0.3, -0.25) is 9.59 Å². The van der Waals surface area contributed by atoms with Crippen molar-refractivity contribution in [3.8, 4) is 0 Å². The van der Waals surface area contributed by atoms with Crippen LogP contribution in [0.2, 0.25) is 39.3 Å². The number of carbonyl (C=O) groups is 2. The van der Waals surface area contributed by atoms with Crippen molar-refractivity contribution in [2.24, 2.45) is 0 Å². The second-order valence-corrected chi connectivity index (χ2v) is 19.6. The molecule has 0 aromatic heterocycles. The lowest BCUT2D eigenvalue weighted by molar-refractivity contribution is -0.135. The van der Waals surface area contributed by atoms with E-state index in [2.05, 4.69) is 50.9 Å². The first kappa shape index (κ1) is 28.8. The Morgan fingerprint density at radius 1 is 1.00 bits per heavy atom. The molecule has 0 aliphatic heterocycles. The van der Waals surface area contributed by atoms with Crippen LogP contribution in [-0.2, 0) is 18.4 Å². The molecule has 0 saturated heterocycles. The largest absolute Gasteiger partial charge is 0.520 e. The van der Waals surface area contributed by atoms with Gasteiger partial charge in [-0.15, -0.1) is 0 Å². The van der Waals surface area contributed by atoms with E-state index >= 15 is 0 Å². The highest BCUT2D eigenvalue weighted by molar-refractivity contribution is 6.71. The highest BCUT2D eigenvalue weighted by atomic mass is 28.4. The lowest BCUT2D eigenvalue weighted by Crippen LogP contribution is -2.31. The van der Waals surface area contributed by atoms with E-state index in [1.54, 1.807) is 0 Å². The summed E-state index contributed by atoms with van der Waals surface area (Å²) in [6.07, 6.45) is 17.5.